The molecule has 0 atom stereocenters. The molecule has 0 spiro atoms. The van der Waals surface area contributed by atoms with Gasteiger partial charge in [0.05, 0.1) is 31.0 Å². The summed E-state index contributed by atoms with van der Waals surface area (Å²) in [5, 5.41) is 4.72. The van der Waals surface area contributed by atoms with E-state index in [1.807, 2.05) is 42.7 Å². The standard InChI is InChI=1S/C29H29ClN4O5S/c1-20-15-22(21(2)34(20)24-10-8-9-23(30)16-24)18-31-32-29(35)19-33(40(36,37)26-11-6-5-7-12-26)27-14-13-25(38-3)17-28(27)39-4/h5-18H,19H2,1-4H3,(H,32,35)/b31-18+. The maximum absolute atomic E-state index is 13.6. The molecule has 1 N–H and O–H groups in total. The van der Waals surface area contributed by atoms with Gasteiger partial charge in [0.15, 0.2) is 0 Å². The summed E-state index contributed by atoms with van der Waals surface area (Å²) in [6, 6.07) is 21.9. The summed E-state index contributed by atoms with van der Waals surface area (Å²) in [5.74, 6) is 0.0583. The second-order valence-electron chi connectivity index (χ2n) is 8.80. The third kappa shape index (κ3) is 6.13. The van der Waals surface area contributed by atoms with E-state index in [0.717, 1.165) is 26.9 Å². The van der Waals surface area contributed by atoms with Gasteiger partial charge >= 0.3 is 0 Å². The number of methoxy groups -OCH3 is 2. The van der Waals surface area contributed by atoms with Crippen molar-refractivity contribution in [1.29, 1.82) is 0 Å². The third-order valence-corrected chi connectivity index (χ3v) is 8.21. The van der Waals surface area contributed by atoms with Crippen molar-refractivity contribution < 1.29 is 22.7 Å². The lowest BCUT2D eigenvalue weighted by Gasteiger charge is -2.25. The topological polar surface area (TPSA) is 102 Å². The largest absolute Gasteiger partial charge is 0.497 e. The molecular weight excluding hydrogens is 552 g/mol. The molecule has 208 valence electrons. The number of halogens is 1. The van der Waals surface area contributed by atoms with Crippen LogP contribution >= 0.6 is 11.6 Å². The number of ether oxygens (including phenoxy) is 2. The lowest BCUT2D eigenvalue weighted by Crippen LogP contribution is -2.39. The van der Waals surface area contributed by atoms with E-state index >= 15 is 0 Å². The van der Waals surface area contributed by atoms with Crippen LogP contribution in [-0.4, -0.2) is 45.9 Å². The number of hydrogen-bond acceptors (Lipinski definition) is 6. The summed E-state index contributed by atoms with van der Waals surface area (Å²) in [7, 11) is -1.23. The number of amides is 1. The summed E-state index contributed by atoms with van der Waals surface area (Å²) in [6.07, 6.45) is 1.52. The highest BCUT2D eigenvalue weighted by atomic mass is 35.5. The number of hydrogen-bond donors (Lipinski definition) is 1. The average molecular weight is 581 g/mol. The van der Waals surface area contributed by atoms with E-state index in [1.54, 1.807) is 36.4 Å². The molecule has 1 amide bonds. The van der Waals surface area contributed by atoms with Gasteiger partial charge in [0, 0.05) is 33.7 Å². The molecule has 4 aromatic rings. The first kappa shape index (κ1) is 28.7. The Balaban J connectivity index is 1.60. The summed E-state index contributed by atoms with van der Waals surface area (Å²) in [4.78, 5) is 13.0. The van der Waals surface area contributed by atoms with Crippen LogP contribution in [-0.2, 0) is 14.8 Å². The summed E-state index contributed by atoms with van der Waals surface area (Å²) in [5.41, 5.74) is 6.17. The SMILES string of the molecule is COc1ccc(N(CC(=O)N/N=C/c2cc(C)n(-c3cccc(Cl)c3)c2C)S(=O)(=O)c2ccccc2)c(OC)c1. The molecule has 0 fully saturated rings. The van der Waals surface area contributed by atoms with Crippen LogP contribution in [0.15, 0.2) is 88.9 Å². The number of carbonyl (C=O) groups excluding carboxylic acids is 1. The smallest absolute Gasteiger partial charge is 0.264 e. The Morgan fingerprint density at radius 3 is 2.42 bits per heavy atom. The van der Waals surface area contributed by atoms with Gasteiger partial charge in [-0.1, -0.05) is 35.9 Å². The van der Waals surface area contributed by atoms with Gasteiger partial charge in [-0.25, -0.2) is 13.8 Å². The van der Waals surface area contributed by atoms with Crippen LogP contribution in [0.4, 0.5) is 5.69 Å². The van der Waals surface area contributed by atoms with Crippen molar-refractivity contribution in [2.45, 2.75) is 18.7 Å². The zero-order chi connectivity index (χ0) is 28.9. The molecule has 1 aromatic heterocycles. The Kier molecular flexibility index (Phi) is 8.81. The van der Waals surface area contributed by atoms with Gasteiger partial charge in [-0.15, -0.1) is 0 Å². The van der Waals surface area contributed by atoms with E-state index in [1.165, 1.54) is 38.6 Å². The number of nitrogens with zero attached hydrogens (tertiary/aromatic N) is 3. The van der Waals surface area contributed by atoms with Crippen molar-refractivity contribution in [3.63, 3.8) is 0 Å². The molecule has 1 heterocycles. The van der Waals surface area contributed by atoms with Gasteiger partial charge in [0.1, 0.15) is 18.0 Å². The molecule has 0 unspecified atom stereocenters. The molecule has 40 heavy (non-hydrogen) atoms. The minimum absolute atomic E-state index is 0.0256. The maximum Gasteiger partial charge on any atom is 0.264 e. The molecule has 3 aromatic carbocycles. The van der Waals surface area contributed by atoms with E-state index in [-0.39, 0.29) is 16.3 Å². The van der Waals surface area contributed by atoms with Gasteiger partial charge in [-0.3, -0.25) is 9.10 Å². The Morgan fingerprint density at radius 2 is 1.75 bits per heavy atom. The van der Waals surface area contributed by atoms with Crippen molar-refractivity contribution in [3.05, 3.63) is 101 Å². The van der Waals surface area contributed by atoms with Crippen molar-refractivity contribution >= 4 is 39.4 Å². The number of aromatic nitrogens is 1. The van der Waals surface area contributed by atoms with Gasteiger partial charge in [0.25, 0.3) is 15.9 Å². The van der Waals surface area contributed by atoms with Gasteiger partial charge in [0.2, 0.25) is 0 Å². The van der Waals surface area contributed by atoms with Crippen molar-refractivity contribution in [2.75, 3.05) is 25.1 Å². The van der Waals surface area contributed by atoms with Crippen LogP contribution in [0.3, 0.4) is 0 Å². The monoisotopic (exact) mass is 580 g/mol. The first-order chi connectivity index (χ1) is 19.1. The second kappa shape index (κ2) is 12.3. The predicted molar refractivity (Wildman–Crippen MR) is 157 cm³/mol. The number of rotatable bonds is 10. The number of aryl methyl sites for hydroxylation is 1. The van der Waals surface area contributed by atoms with Crippen LogP contribution in [0.1, 0.15) is 17.0 Å². The average Bonchev–Trinajstić information content (AvgIpc) is 3.24. The molecule has 0 aliphatic carbocycles. The summed E-state index contributed by atoms with van der Waals surface area (Å²) < 4.78 is 41.0. The quantitative estimate of drug-likeness (QED) is 0.207. The first-order valence-corrected chi connectivity index (χ1v) is 14.0. The minimum atomic E-state index is -4.14. The molecule has 4 rings (SSSR count). The molecule has 9 nitrogen and oxygen atoms in total. The highest BCUT2D eigenvalue weighted by Crippen LogP contribution is 2.35. The lowest BCUT2D eigenvalue weighted by atomic mass is 10.2. The highest BCUT2D eigenvalue weighted by Gasteiger charge is 2.29. The second-order valence-corrected chi connectivity index (χ2v) is 11.1. The normalized spacial score (nSPS) is 11.4. The Morgan fingerprint density at radius 1 is 1.00 bits per heavy atom. The van der Waals surface area contributed by atoms with Crippen molar-refractivity contribution in [1.82, 2.24) is 9.99 Å². The fourth-order valence-corrected chi connectivity index (χ4v) is 5.92. The summed E-state index contributed by atoms with van der Waals surface area (Å²) >= 11 is 6.17. The molecule has 0 bridgehead atoms. The third-order valence-electron chi connectivity index (χ3n) is 6.20. The van der Waals surface area contributed by atoms with E-state index < -0.39 is 22.5 Å². The zero-order valence-corrected chi connectivity index (χ0v) is 24.0. The van der Waals surface area contributed by atoms with Crippen molar-refractivity contribution in [3.8, 4) is 17.2 Å². The zero-order valence-electron chi connectivity index (χ0n) is 22.5. The van der Waals surface area contributed by atoms with Crippen molar-refractivity contribution in [2.24, 2.45) is 5.10 Å². The fourth-order valence-electron chi connectivity index (χ4n) is 4.28. The van der Waals surface area contributed by atoms with E-state index in [4.69, 9.17) is 21.1 Å². The summed E-state index contributed by atoms with van der Waals surface area (Å²) in [6.45, 7) is 3.35. The Labute approximate surface area is 238 Å². The van der Waals surface area contributed by atoms with E-state index in [9.17, 15) is 13.2 Å². The maximum atomic E-state index is 13.6. The number of nitrogens with one attached hydrogen (secondary N) is 1. The van der Waals surface area contributed by atoms with Gasteiger partial charge in [-0.05, 0) is 62.4 Å². The first-order valence-electron chi connectivity index (χ1n) is 12.2. The van der Waals surface area contributed by atoms with Crippen LogP contribution in [0.25, 0.3) is 5.69 Å². The van der Waals surface area contributed by atoms with Crippen LogP contribution < -0.4 is 19.2 Å². The molecule has 0 radical (unpaired) electrons. The molecule has 0 saturated carbocycles. The predicted octanol–water partition coefficient (Wildman–Crippen LogP) is 5.11. The minimum Gasteiger partial charge on any atom is -0.497 e. The van der Waals surface area contributed by atoms with Crippen LogP contribution in [0, 0.1) is 13.8 Å². The number of sulfonamides is 1. The van der Waals surface area contributed by atoms with E-state index in [0.29, 0.717) is 10.8 Å². The Hall–Kier alpha value is -4.28. The number of carbonyl (C=O) groups is 1. The highest BCUT2D eigenvalue weighted by molar-refractivity contribution is 7.92. The van der Waals surface area contributed by atoms with Gasteiger partial charge in [-0.2, -0.15) is 5.10 Å². The van der Waals surface area contributed by atoms with Gasteiger partial charge < -0.3 is 14.0 Å². The number of benzene rings is 3. The fraction of sp³-hybridized carbons (Fsp3) is 0.172. The number of anilines is 1. The van der Waals surface area contributed by atoms with Crippen LogP contribution in [0.5, 0.6) is 11.5 Å². The molecular formula is C29H29ClN4O5S. The molecule has 0 aliphatic rings. The number of hydrazone groups is 1. The molecule has 0 aliphatic heterocycles. The van der Waals surface area contributed by atoms with Crippen LogP contribution in [0.2, 0.25) is 5.02 Å². The molecule has 11 heteroatoms. The molecule has 0 saturated heterocycles. The Bertz CT molecular complexity index is 1650. The van der Waals surface area contributed by atoms with E-state index in [2.05, 4.69) is 10.5 Å². The lowest BCUT2D eigenvalue weighted by molar-refractivity contribution is -0.119.